The van der Waals surface area contributed by atoms with E-state index < -0.39 is 59.3 Å². The fourth-order valence-electron chi connectivity index (χ4n) is 6.21. The number of carbonyl (C=O) groups excluding carboxylic acids is 2. The summed E-state index contributed by atoms with van der Waals surface area (Å²) in [7, 11) is 1.27. The molecule has 3 saturated carbocycles. The van der Waals surface area contributed by atoms with Crippen molar-refractivity contribution in [1.29, 1.82) is 0 Å². The van der Waals surface area contributed by atoms with Gasteiger partial charge in [0.15, 0.2) is 11.6 Å². The fraction of sp³-hybridized carbons (Fsp3) is 0.667. The predicted octanol–water partition coefficient (Wildman–Crippen LogP) is 4.46. The van der Waals surface area contributed by atoms with E-state index in [2.05, 4.69) is 5.32 Å². The van der Waals surface area contributed by atoms with Gasteiger partial charge in [-0.2, -0.15) is 13.2 Å². The number of alkyl halides is 3. The molecule has 0 aromatic heterocycles. The Hall–Kier alpha value is -3.05. The van der Waals surface area contributed by atoms with Gasteiger partial charge in [-0.05, 0) is 76.7 Å². The maximum atomic E-state index is 14.9. The average Bonchev–Trinajstić information content (AvgIpc) is 3.47. The highest BCUT2D eigenvalue weighted by Gasteiger charge is 2.52. The number of hydrogen-bond donors (Lipinski definition) is 3. The quantitative estimate of drug-likeness (QED) is 0.406. The number of fused-ring (bicyclic) bond motifs is 2. The SMILES string of the molecule is COc1cc(F)c(O[C@H]2CC[C@@](C)(C(=O)O)CC2)cc1C(=O)N[C@@H]1[C@H]2CC[C@H](C2)[C@@H]1C(=O)N[C@H](C)C(F)(F)F. The number of benzene rings is 1. The molecule has 0 radical (unpaired) electrons. The van der Waals surface area contributed by atoms with E-state index in [4.69, 9.17) is 9.47 Å². The minimum atomic E-state index is -4.59. The van der Waals surface area contributed by atoms with Crippen molar-refractivity contribution in [3.8, 4) is 11.5 Å². The van der Waals surface area contributed by atoms with Gasteiger partial charge in [-0.15, -0.1) is 0 Å². The highest BCUT2D eigenvalue weighted by Crippen LogP contribution is 2.49. The van der Waals surface area contributed by atoms with Crippen LogP contribution in [0.2, 0.25) is 0 Å². The van der Waals surface area contributed by atoms with Crippen LogP contribution < -0.4 is 20.1 Å². The first-order chi connectivity index (χ1) is 18.2. The van der Waals surface area contributed by atoms with Gasteiger partial charge in [-0.25, -0.2) is 4.39 Å². The Balaban J connectivity index is 1.50. The lowest BCUT2D eigenvalue weighted by Gasteiger charge is -2.34. The molecular weight excluding hydrogens is 524 g/mol. The van der Waals surface area contributed by atoms with Gasteiger partial charge < -0.3 is 25.2 Å². The van der Waals surface area contributed by atoms with E-state index in [-0.39, 0.29) is 28.9 Å². The fourth-order valence-corrected chi connectivity index (χ4v) is 6.21. The average molecular weight is 559 g/mol. The van der Waals surface area contributed by atoms with Crippen LogP contribution in [0.15, 0.2) is 12.1 Å². The lowest BCUT2D eigenvalue weighted by atomic mass is 9.75. The zero-order chi connectivity index (χ0) is 28.7. The summed E-state index contributed by atoms with van der Waals surface area (Å²) >= 11 is 0. The van der Waals surface area contributed by atoms with Crippen molar-refractivity contribution in [2.24, 2.45) is 23.2 Å². The van der Waals surface area contributed by atoms with Gasteiger partial charge in [0.2, 0.25) is 5.91 Å². The molecule has 12 heteroatoms. The largest absolute Gasteiger partial charge is 0.496 e. The van der Waals surface area contributed by atoms with Crippen LogP contribution in [0, 0.1) is 29.0 Å². The summed E-state index contributed by atoms with van der Waals surface area (Å²) in [6, 6.07) is -0.471. The zero-order valence-electron chi connectivity index (χ0n) is 22.1. The minimum absolute atomic E-state index is 0.0364. The summed E-state index contributed by atoms with van der Waals surface area (Å²) in [5, 5.41) is 14.3. The molecule has 3 aliphatic rings. The Kier molecular flexibility index (Phi) is 8.05. The van der Waals surface area contributed by atoms with Gasteiger partial charge in [0.05, 0.1) is 30.1 Å². The first-order valence-corrected chi connectivity index (χ1v) is 13.2. The third kappa shape index (κ3) is 5.94. The van der Waals surface area contributed by atoms with E-state index >= 15 is 0 Å². The molecule has 5 atom stereocenters. The number of halogens is 4. The number of carbonyl (C=O) groups is 3. The second kappa shape index (κ2) is 10.8. The van der Waals surface area contributed by atoms with E-state index in [1.54, 1.807) is 6.92 Å². The van der Waals surface area contributed by atoms with E-state index in [0.717, 1.165) is 19.4 Å². The van der Waals surface area contributed by atoms with Crippen LogP contribution in [0.4, 0.5) is 17.6 Å². The lowest BCUT2D eigenvalue weighted by molar-refractivity contribution is -0.160. The van der Waals surface area contributed by atoms with E-state index in [9.17, 15) is 37.1 Å². The summed E-state index contributed by atoms with van der Waals surface area (Å²) < 4.78 is 65.0. The van der Waals surface area contributed by atoms with Crippen LogP contribution in [0.3, 0.4) is 0 Å². The Bertz CT molecular complexity index is 1120. The number of rotatable bonds is 8. The predicted molar refractivity (Wildman–Crippen MR) is 131 cm³/mol. The van der Waals surface area contributed by atoms with Crippen molar-refractivity contribution in [3.05, 3.63) is 23.5 Å². The van der Waals surface area contributed by atoms with E-state index in [1.807, 2.05) is 5.32 Å². The lowest BCUT2D eigenvalue weighted by Crippen LogP contribution is -2.53. The van der Waals surface area contributed by atoms with E-state index in [1.165, 1.54) is 13.2 Å². The molecule has 0 aliphatic heterocycles. The van der Waals surface area contributed by atoms with Crippen molar-refractivity contribution in [3.63, 3.8) is 0 Å². The van der Waals surface area contributed by atoms with Gasteiger partial charge in [0.1, 0.15) is 11.8 Å². The molecule has 1 aromatic carbocycles. The number of aliphatic carboxylic acids is 1. The highest BCUT2D eigenvalue weighted by molar-refractivity contribution is 5.98. The molecule has 3 aliphatic carbocycles. The van der Waals surface area contributed by atoms with Crippen molar-refractivity contribution >= 4 is 17.8 Å². The van der Waals surface area contributed by atoms with Gasteiger partial charge in [0, 0.05) is 12.1 Å². The topological polar surface area (TPSA) is 114 Å². The number of hydrogen-bond acceptors (Lipinski definition) is 5. The molecule has 0 unspecified atom stereocenters. The van der Waals surface area contributed by atoms with Crippen molar-refractivity contribution in [1.82, 2.24) is 10.6 Å². The first kappa shape index (κ1) is 28.9. The standard InChI is InChI=1S/C27H34F4N2O6/c1-13(27(29,30)31)32-24(35)21-14-4-5-15(10-14)22(21)33-23(34)17-11-20(18(28)12-19(17)38-3)39-16-6-8-26(2,9-7-16)25(36)37/h11-16,21-22H,4-10H2,1-3H3,(H,32,35)(H,33,34)(H,36,37)/t13-,14-,15+,16-,21+,22-,26+/m1/s1. The van der Waals surface area contributed by atoms with Gasteiger partial charge in [-0.1, -0.05) is 0 Å². The van der Waals surface area contributed by atoms with Crippen molar-refractivity contribution in [2.45, 2.75) is 83.2 Å². The summed E-state index contributed by atoms with van der Waals surface area (Å²) in [6.45, 7) is 2.53. The van der Waals surface area contributed by atoms with Crippen LogP contribution in [0.5, 0.6) is 11.5 Å². The summed E-state index contributed by atoms with van der Waals surface area (Å²) in [4.78, 5) is 37.7. The Morgan fingerprint density at radius 3 is 2.31 bits per heavy atom. The molecule has 8 nitrogen and oxygen atoms in total. The molecule has 2 amide bonds. The third-order valence-electron chi connectivity index (χ3n) is 8.71. The van der Waals surface area contributed by atoms with Crippen LogP contribution in [0.25, 0.3) is 0 Å². The molecule has 0 saturated heterocycles. The summed E-state index contributed by atoms with van der Waals surface area (Å²) in [5.41, 5.74) is -0.907. The van der Waals surface area contributed by atoms with Gasteiger partial charge >= 0.3 is 12.1 Å². The normalized spacial score (nSPS) is 30.9. The third-order valence-corrected chi connectivity index (χ3v) is 8.71. The molecular formula is C27H34F4N2O6. The number of methoxy groups -OCH3 is 1. The molecule has 4 rings (SSSR count). The maximum Gasteiger partial charge on any atom is 0.408 e. The van der Waals surface area contributed by atoms with Gasteiger partial charge in [-0.3, -0.25) is 14.4 Å². The number of ether oxygens (including phenoxy) is 2. The molecule has 3 N–H and O–H groups in total. The Labute approximate surface area is 223 Å². The highest BCUT2D eigenvalue weighted by atomic mass is 19.4. The summed E-state index contributed by atoms with van der Waals surface area (Å²) in [5.74, 6) is -4.33. The monoisotopic (exact) mass is 558 g/mol. The second-order valence-electron chi connectivity index (χ2n) is 11.3. The van der Waals surface area contributed by atoms with Crippen LogP contribution in [-0.2, 0) is 9.59 Å². The number of carboxylic acid groups (broad SMARTS) is 1. The summed E-state index contributed by atoms with van der Waals surface area (Å²) in [6.07, 6.45) is -1.47. The molecule has 216 valence electrons. The number of carboxylic acids is 1. The molecule has 39 heavy (non-hydrogen) atoms. The molecule has 3 fully saturated rings. The molecule has 2 bridgehead atoms. The number of nitrogens with one attached hydrogen (secondary N) is 2. The maximum absolute atomic E-state index is 14.9. The van der Waals surface area contributed by atoms with Gasteiger partial charge in [0.25, 0.3) is 5.91 Å². The molecule has 1 aromatic rings. The Morgan fingerprint density at radius 1 is 1.08 bits per heavy atom. The Morgan fingerprint density at radius 2 is 1.72 bits per heavy atom. The molecule has 0 heterocycles. The number of amides is 2. The minimum Gasteiger partial charge on any atom is -0.496 e. The smallest absolute Gasteiger partial charge is 0.408 e. The van der Waals surface area contributed by atoms with Crippen LogP contribution >= 0.6 is 0 Å². The van der Waals surface area contributed by atoms with E-state index in [0.29, 0.717) is 38.5 Å². The zero-order valence-corrected chi connectivity index (χ0v) is 22.1. The van der Waals surface area contributed by atoms with Crippen LogP contribution in [0.1, 0.15) is 69.2 Å². The second-order valence-corrected chi connectivity index (χ2v) is 11.3. The van der Waals surface area contributed by atoms with Crippen molar-refractivity contribution < 1.29 is 46.5 Å². The van der Waals surface area contributed by atoms with Crippen molar-refractivity contribution in [2.75, 3.05) is 7.11 Å². The van der Waals surface area contributed by atoms with Crippen LogP contribution in [-0.4, -0.2) is 54.4 Å². The molecule has 0 spiro atoms. The first-order valence-electron chi connectivity index (χ1n) is 13.2.